The highest BCUT2D eigenvalue weighted by atomic mass is 16.3. The zero-order valence-corrected chi connectivity index (χ0v) is 19.2. The van der Waals surface area contributed by atoms with Crippen molar-refractivity contribution in [1.82, 2.24) is 14.9 Å². The summed E-state index contributed by atoms with van der Waals surface area (Å²) in [4.78, 5) is 25.6. The Bertz CT molecular complexity index is 1280. The van der Waals surface area contributed by atoms with Gasteiger partial charge in [0.15, 0.2) is 0 Å². The van der Waals surface area contributed by atoms with Crippen LogP contribution in [0.1, 0.15) is 29.8 Å². The van der Waals surface area contributed by atoms with Gasteiger partial charge in [-0.2, -0.15) is 0 Å². The Labute approximate surface area is 194 Å². The number of benzene rings is 3. The van der Waals surface area contributed by atoms with E-state index in [4.69, 9.17) is 0 Å². The van der Waals surface area contributed by atoms with Crippen LogP contribution in [0.2, 0.25) is 0 Å². The lowest BCUT2D eigenvalue weighted by Crippen LogP contribution is -2.26. The number of hydrogen-bond acceptors (Lipinski definition) is 5. The molecule has 0 aliphatic heterocycles. The molecular formula is C27H28N4O2. The lowest BCUT2D eigenvalue weighted by molar-refractivity contribution is 0.0782. The molecule has 0 bridgehead atoms. The van der Waals surface area contributed by atoms with Crippen LogP contribution in [0.4, 0.5) is 5.82 Å². The molecule has 1 heterocycles. The van der Waals surface area contributed by atoms with Crippen LogP contribution in [-0.2, 0) is 6.54 Å². The quantitative estimate of drug-likeness (QED) is 0.432. The predicted octanol–water partition coefficient (Wildman–Crippen LogP) is 5.12. The van der Waals surface area contributed by atoms with E-state index >= 15 is 0 Å². The SMILES string of the molecule is CCN(CC)c1ncnc2ccc(-c3cccc(CN(C)C(=O)c4ccccc4O)c3)cc12. The summed E-state index contributed by atoms with van der Waals surface area (Å²) in [6, 6.07) is 21.0. The van der Waals surface area contributed by atoms with Crippen molar-refractivity contribution in [1.29, 1.82) is 0 Å². The minimum atomic E-state index is -0.217. The number of phenolic OH excluding ortho intramolecular Hbond substituents is 1. The summed E-state index contributed by atoms with van der Waals surface area (Å²) in [5.74, 6) is 0.715. The molecule has 0 fully saturated rings. The largest absolute Gasteiger partial charge is 0.507 e. The smallest absolute Gasteiger partial charge is 0.257 e. The monoisotopic (exact) mass is 440 g/mol. The minimum absolute atomic E-state index is 0.00881. The maximum absolute atomic E-state index is 12.8. The van der Waals surface area contributed by atoms with E-state index in [1.807, 2.05) is 18.2 Å². The molecule has 0 atom stereocenters. The van der Waals surface area contributed by atoms with E-state index in [1.54, 1.807) is 36.5 Å². The molecule has 0 radical (unpaired) electrons. The summed E-state index contributed by atoms with van der Waals surface area (Å²) in [5.41, 5.74) is 4.36. The van der Waals surface area contributed by atoms with Gasteiger partial charge in [-0.15, -0.1) is 0 Å². The molecule has 0 spiro atoms. The number of para-hydroxylation sites is 1. The van der Waals surface area contributed by atoms with Gasteiger partial charge >= 0.3 is 0 Å². The molecule has 4 aromatic rings. The second-order valence-corrected chi connectivity index (χ2v) is 7.98. The summed E-state index contributed by atoms with van der Waals surface area (Å²) in [6.07, 6.45) is 1.62. The maximum atomic E-state index is 12.8. The molecule has 168 valence electrons. The Morgan fingerprint density at radius 2 is 1.67 bits per heavy atom. The molecule has 6 nitrogen and oxygen atoms in total. The lowest BCUT2D eigenvalue weighted by Gasteiger charge is -2.21. The summed E-state index contributed by atoms with van der Waals surface area (Å²) in [5, 5.41) is 11.0. The minimum Gasteiger partial charge on any atom is -0.507 e. The van der Waals surface area contributed by atoms with Crippen LogP contribution < -0.4 is 4.90 Å². The lowest BCUT2D eigenvalue weighted by atomic mass is 10.0. The molecule has 0 saturated heterocycles. The molecule has 0 aliphatic carbocycles. The molecule has 0 aliphatic rings. The van der Waals surface area contributed by atoms with Gasteiger partial charge in [0.2, 0.25) is 0 Å². The normalized spacial score (nSPS) is 10.9. The van der Waals surface area contributed by atoms with Crippen LogP contribution in [0.3, 0.4) is 0 Å². The average molecular weight is 441 g/mol. The molecule has 0 unspecified atom stereocenters. The predicted molar refractivity (Wildman–Crippen MR) is 132 cm³/mol. The summed E-state index contributed by atoms with van der Waals surface area (Å²) >= 11 is 0. The molecule has 0 saturated carbocycles. The Kier molecular flexibility index (Phi) is 6.54. The highest BCUT2D eigenvalue weighted by Gasteiger charge is 2.16. The van der Waals surface area contributed by atoms with Crippen molar-refractivity contribution < 1.29 is 9.90 Å². The van der Waals surface area contributed by atoms with E-state index in [-0.39, 0.29) is 11.7 Å². The molecule has 1 amide bonds. The van der Waals surface area contributed by atoms with Crippen molar-refractivity contribution in [3.63, 3.8) is 0 Å². The van der Waals surface area contributed by atoms with Gasteiger partial charge in [0.1, 0.15) is 17.9 Å². The van der Waals surface area contributed by atoms with Gasteiger partial charge in [0, 0.05) is 32.1 Å². The number of nitrogens with zero attached hydrogens (tertiary/aromatic N) is 4. The Hall–Kier alpha value is -3.93. The Balaban J connectivity index is 1.63. The zero-order valence-electron chi connectivity index (χ0n) is 19.2. The van der Waals surface area contributed by atoms with Crippen LogP contribution >= 0.6 is 0 Å². The molecule has 4 rings (SSSR count). The Morgan fingerprint density at radius 1 is 0.909 bits per heavy atom. The standard InChI is InChI=1S/C27H28N4O2/c1-4-31(5-2)26-23-16-21(13-14-24(23)28-18-29-26)20-10-8-9-19(15-20)17-30(3)27(33)22-11-6-7-12-25(22)32/h6-16,18,32H,4-5,17H2,1-3H3. The molecule has 1 N–H and O–H groups in total. The van der Waals surface area contributed by atoms with Crippen LogP contribution in [-0.4, -0.2) is 46.0 Å². The fraction of sp³-hybridized carbons (Fsp3) is 0.222. The van der Waals surface area contributed by atoms with Gasteiger partial charge in [0.05, 0.1) is 11.1 Å². The third-order valence-electron chi connectivity index (χ3n) is 5.84. The molecular weight excluding hydrogens is 412 g/mol. The number of carbonyl (C=O) groups is 1. The number of amides is 1. The first kappa shape index (κ1) is 22.3. The highest BCUT2D eigenvalue weighted by Crippen LogP contribution is 2.29. The second kappa shape index (κ2) is 9.69. The summed E-state index contributed by atoms with van der Waals surface area (Å²) in [6.45, 7) is 6.43. The average Bonchev–Trinajstić information content (AvgIpc) is 2.84. The fourth-order valence-electron chi connectivity index (χ4n) is 4.05. The number of phenols is 1. The molecule has 33 heavy (non-hydrogen) atoms. The van der Waals surface area contributed by atoms with Crippen LogP contribution in [0.5, 0.6) is 5.75 Å². The molecule has 3 aromatic carbocycles. The number of fused-ring (bicyclic) bond motifs is 1. The van der Waals surface area contributed by atoms with Gasteiger partial charge in [-0.3, -0.25) is 4.79 Å². The highest BCUT2D eigenvalue weighted by molar-refractivity contribution is 5.96. The van der Waals surface area contributed by atoms with Crippen molar-refractivity contribution in [2.24, 2.45) is 0 Å². The van der Waals surface area contributed by atoms with E-state index in [9.17, 15) is 9.90 Å². The number of aromatic hydroxyl groups is 1. The van der Waals surface area contributed by atoms with Crippen LogP contribution in [0.25, 0.3) is 22.0 Å². The Morgan fingerprint density at radius 3 is 2.42 bits per heavy atom. The van der Waals surface area contributed by atoms with Crippen LogP contribution in [0, 0.1) is 0 Å². The summed E-state index contributed by atoms with van der Waals surface area (Å²) < 4.78 is 0. The van der Waals surface area contributed by atoms with E-state index in [2.05, 4.69) is 53.0 Å². The first-order chi connectivity index (χ1) is 16.0. The zero-order chi connectivity index (χ0) is 23.4. The third-order valence-corrected chi connectivity index (χ3v) is 5.84. The molecule has 6 heteroatoms. The van der Waals surface area contributed by atoms with E-state index in [1.165, 1.54) is 6.07 Å². The topological polar surface area (TPSA) is 69.6 Å². The van der Waals surface area contributed by atoms with Gasteiger partial charge in [-0.25, -0.2) is 9.97 Å². The third kappa shape index (κ3) is 4.65. The molecule has 1 aromatic heterocycles. The maximum Gasteiger partial charge on any atom is 0.257 e. The first-order valence-corrected chi connectivity index (χ1v) is 11.1. The van der Waals surface area contributed by atoms with Crippen molar-refractivity contribution in [2.75, 3.05) is 25.0 Å². The first-order valence-electron chi connectivity index (χ1n) is 11.1. The van der Waals surface area contributed by atoms with E-state index in [0.717, 1.165) is 46.5 Å². The van der Waals surface area contributed by atoms with Crippen molar-refractivity contribution in [3.8, 4) is 16.9 Å². The number of rotatable bonds is 7. The van der Waals surface area contributed by atoms with Crippen molar-refractivity contribution in [3.05, 3.63) is 84.2 Å². The second-order valence-electron chi connectivity index (χ2n) is 7.98. The van der Waals surface area contributed by atoms with Gasteiger partial charge < -0.3 is 14.9 Å². The van der Waals surface area contributed by atoms with Gasteiger partial charge in [0.25, 0.3) is 5.91 Å². The van der Waals surface area contributed by atoms with E-state index in [0.29, 0.717) is 12.1 Å². The van der Waals surface area contributed by atoms with E-state index < -0.39 is 0 Å². The van der Waals surface area contributed by atoms with Crippen molar-refractivity contribution >= 4 is 22.6 Å². The summed E-state index contributed by atoms with van der Waals surface area (Å²) in [7, 11) is 1.74. The van der Waals surface area contributed by atoms with Gasteiger partial charge in [-0.05, 0) is 60.9 Å². The number of anilines is 1. The number of carbonyl (C=O) groups excluding carboxylic acids is 1. The van der Waals surface area contributed by atoms with Gasteiger partial charge in [-0.1, -0.05) is 36.4 Å². The number of aromatic nitrogens is 2. The fourth-order valence-corrected chi connectivity index (χ4v) is 4.05. The number of hydrogen-bond donors (Lipinski definition) is 1. The van der Waals surface area contributed by atoms with Crippen molar-refractivity contribution in [2.45, 2.75) is 20.4 Å². The van der Waals surface area contributed by atoms with Crippen LogP contribution in [0.15, 0.2) is 73.1 Å².